The lowest BCUT2D eigenvalue weighted by atomic mass is 9.79. The van der Waals surface area contributed by atoms with Crippen LogP contribution in [0.3, 0.4) is 0 Å². The molecule has 4 N–H and O–H groups in total. The van der Waals surface area contributed by atoms with Gasteiger partial charge in [0.2, 0.25) is 0 Å². The summed E-state index contributed by atoms with van der Waals surface area (Å²) in [5.74, 6) is -1.83. The Morgan fingerprint density at radius 2 is 2.18 bits per heavy atom. The first-order valence-electron chi connectivity index (χ1n) is 8.66. The van der Waals surface area contributed by atoms with E-state index in [1.54, 1.807) is 0 Å². The molecule has 0 unspecified atom stereocenters. The third kappa shape index (κ3) is 2.87. The molecule has 2 saturated heterocycles. The topological polar surface area (TPSA) is 142 Å². The fourth-order valence-corrected chi connectivity index (χ4v) is 4.85. The zero-order valence-corrected chi connectivity index (χ0v) is 15.5. The van der Waals surface area contributed by atoms with Crippen molar-refractivity contribution in [3.63, 3.8) is 0 Å². The average Bonchev–Trinajstić information content (AvgIpc) is 3.28. The highest BCUT2D eigenvalue weighted by molar-refractivity contribution is 7.09. The van der Waals surface area contributed by atoms with Gasteiger partial charge >= 0.3 is 18.1 Å². The van der Waals surface area contributed by atoms with Crippen LogP contribution in [0.5, 0.6) is 0 Å². The van der Waals surface area contributed by atoms with Crippen molar-refractivity contribution in [2.45, 2.75) is 25.0 Å². The summed E-state index contributed by atoms with van der Waals surface area (Å²) in [5, 5.41) is 14.3. The number of likely N-dealkylation sites (tertiary alicyclic amines) is 1. The molecule has 0 bridgehead atoms. The van der Waals surface area contributed by atoms with Gasteiger partial charge in [-0.25, -0.2) is 14.4 Å². The van der Waals surface area contributed by atoms with Gasteiger partial charge in [0.25, 0.3) is 5.91 Å². The van der Waals surface area contributed by atoms with Crippen molar-refractivity contribution in [2.24, 2.45) is 11.7 Å². The maximum absolute atomic E-state index is 12.7. The van der Waals surface area contributed by atoms with Gasteiger partial charge in [-0.1, -0.05) is 6.07 Å². The fraction of sp³-hybridized carbons (Fsp3) is 0.412. The van der Waals surface area contributed by atoms with Crippen molar-refractivity contribution >= 4 is 35.3 Å². The van der Waals surface area contributed by atoms with Gasteiger partial charge in [-0.2, -0.15) is 0 Å². The maximum atomic E-state index is 12.7. The quantitative estimate of drug-likeness (QED) is 0.601. The molecule has 148 valence electrons. The van der Waals surface area contributed by atoms with Crippen molar-refractivity contribution in [3.8, 4) is 0 Å². The van der Waals surface area contributed by atoms with E-state index in [9.17, 15) is 24.3 Å². The Balaban J connectivity index is 1.51. The van der Waals surface area contributed by atoms with E-state index in [1.165, 1.54) is 21.1 Å². The molecule has 3 atom stereocenters. The van der Waals surface area contributed by atoms with E-state index in [1.807, 2.05) is 17.5 Å². The molecule has 3 aliphatic rings. The molecule has 0 radical (unpaired) electrons. The summed E-state index contributed by atoms with van der Waals surface area (Å²) >= 11 is 1.52. The summed E-state index contributed by atoms with van der Waals surface area (Å²) < 4.78 is 4.75. The lowest BCUT2D eigenvalue weighted by molar-refractivity contribution is -0.156. The summed E-state index contributed by atoms with van der Waals surface area (Å²) in [5.41, 5.74) is 5.12. The number of urea groups is 1. The molecule has 0 aromatic carbocycles. The lowest BCUT2D eigenvalue weighted by Crippen LogP contribution is -2.70. The molecule has 4 heterocycles. The molecule has 0 saturated carbocycles. The number of carboxylic acid groups (broad SMARTS) is 1. The van der Waals surface area contributed by atoms with E-state index in [-0.39, 0.29) is 30.3 Å². The Morgan fingerprint density at radius 3 is 2.82 bits per heavy atom. The number of hydrogen-bond acceptors (Lipinski definition) is 6. The zero-order valence-electron chi connectivity index (χ0n) is 14.7. The van der Waals surface area contributed by atoms with Crippen LogP contribution in [0.15, 0.2) is 28.8 Å². The van der Waals surface area contributed by atoms with E-state index in [0.29, 0.717) is 25.1 Å². The Morgan fingerprint density at radius 1 is 1.39 bits per heavy atom. The minimum Gasteiger partial charge on any atom is -0.477 e. The van der Waals surface area contributed by atoms with Crippen LogP contribution >= 0.6 is 11.3 Å². The normalized spacial score (nSPS) is 25.3. The second-order valence-corrected chi connectivity index (χ2v) is 7.90. The fourth-order valence-electron chi connectivity index (χ4n) is 4.21. The molecule has 1 aromatic rings. The Kier molecular flexibility index (Phi) is 4.46. The number of nitrogens with zero attached hydrogens (tertiary/aromatic N) is 2. The van der Waals surface area contributed by atoms with Crippen LogP contribution in [0.4, 0.5) is 9.59 Å². The van der Waals surface area contributed by atoms with Crippen LogP contribution in [-0.2, 0) is 20.9 Å². The zero-order chi connectivity index (χ0) is 20.0. The van der Waals surface area contributed by atoms with E-state index in [4.69, 9.17) is 10.5 Å². The van der Waals surface area contributed by atoms with Gasteiger partial charge in [0, 0.05) is 17.3 Å². The molecule has 28 heavy (non-hydrogen) atoms. The monoisotopic (exact) mass is 406 g/mol. The van der Waals surface area contributed by atoms with Crippen molar-refractivity contribution in [2.75, 3.05) is 13.2 Å². The van der Waals surface area contributed by atoms with Crippen LogP contribution < -0.4 is 11.1 Å². The minimum absolute atomic E-state index is 0.121. The van der Waals surface area contributed by atoms with Crippen LogP contribution in [0.2, 0.25) is 0 Å². The van der Waals surface area contributed by atoms with Gasteiger partial charge in [-0.05, 0) is 23.4 Å². The number of carboxylic acids is 1. The number of hydrogen-bond donors (Lipinski definition) is 3. The van der Waals surface area contributed by atoms with Crippen LogP contribution in [0.25, 0.3) is 0 Å². The van der Waals surface area contributed by atoms with E-state index >= 15 is 0 Å². The number of rotatable bonds is 5. The standard InChI is InChI=1S/C17H18N4O6S/c18-16(25)27-7-9-4-8-6-20(17(26)19-5-10-2-1-3-28-10)13-11(8)21(14(13)22)12(9)15(23)24/h1-3,8,11,13H,4-7H2,(H2,18,25)(H,19,26)(H,23,24)/t8-,11-,13+/m1/s1. The van der Waals surface area contributed by atoms with Crippen LogP contribution in [-0.4, -0.2) is 64.1 Å². The van der Waals surface area contributed by atoms with E-state index in [2.05, 4.69) is 5.32 Å². The minimum atomic E-state index is -1.27. The van der Waals surface area contributed by atoms with Gasteiger partial charge < -0.3 is 25.8 Å². The molecule has 0 spiro atoms. The summed E-state index contributed by atoms with van der Waals surface area (Å²) in [6, 6.07) is 2.40. The molecular formula is C17H18N4O6S. The largest absolute Gasteiger partial charge is 0.477 e. The molecular weight excluding hydrogens is 388 g/mol. The van der Waals surface area contributed by atoms with E-state index in [0.717, 1.165) is 4.88 Å². The number of nitrogens with two attached hydrogens (primary N) is 1. The molecule has 1 aromatic heterocycles. The summed E-state index contributed by atoms with van der Waals surface area (Å²) in [4.78, 5) is 51.6. The Labute approximate surface area is 163 Å². The second kappa shape index (κ2) is 6.82. The van der Waals surface area contributed by atoms with Crippen molar-refractivity contribution in [1.29, 1.82) is 0 Å². The number of ether oxygens (including phenoxy) is 1. The van der Waals surface area contributed by atoms with Crippen molar-refractivity contribution in [3.05, 3.63) is 33.7 Å². The van der Waals surface area contributed by atoms with Crippen LogP contribution in [0.1, 0.15) is 11.3 Å². The maximum Gasteiger partial charge on any atom is 0.404 e. The number of carbonyl (C=O) groups excluding carboxylic acids is 3. The highest BCUT2D eigenvalue weighted by atomic mass is 32.1. The molecule has 4 amide bonds. The molecule has 0 aliphatic carbocycles. The first-order valence-corrected chi connectivity index (χ1v) is 9.54. The summed E-state index contributed by atoms with van der Waals surface area (Å²) in [6.45, 7) is 0.392. The number of primary amides is 1. The number of β-lactam (4-membered cyclic amide) rings is 1. The SMILES string of the molecule is NC(=O)OCC1=C(C(=O)O)N2C(=O)[C@@H]3[C@H]2[C@H](C1)CN3C(=O)NCc1cccs1. The molecule has 10 nitrogen and oxygen atoms in total. The molecule has 11 heteroatoms. The predicted octanol–water partition coefficient (Wildman–Crippen LogP) is 0.307. The number of nitrogens with one attached hydrogen (secondary N) is 1. The average molecular weight is 406 g/mol. The van der Waals surface area contributed by atoms with Crippen molar-refractivity contribution in [1.82, 2.24) is 15.1 Å². The van der Waals surface area contributed by atoms with Gasteiger partial charge in [0.05, 0.1) is 12.6 Å². The van der Waals surface area contributed by atoms with Gasteiger partial charge in [-0.3, -0.25) is 9.69 Å². The Hall–Kier alpha value is -3.08. The Bertz CT molecular complexity index is 882. The third-order valence-corrected chi connectivity index (χ3v) is 6.17. The second-order valence-electron chi connectivity index (χ2n) is 6.86. The molecule has 4 rings (SSSR count). The predicted molar refractivity (Wildman–Crippen MR) is 96.0 cm³/mol. The van der Waals surface area contributed by atoms with Crippen LogP contribution in [0, 0.1) is 5.92 Å². The highest BCUT2D eigenvalue weighted by Crippen LogP contribution is 2.47. The molecule has 2 fully saturated rings. The van der Waals surface area contributed by atoms with Crippen molar-refractivity contribution < 1.29 is 29.0 Å². The number of carbonyl (C=O) groups is 4. The highest BCUT2D eigenvalue weighted by Gasteiger charge is 2.64. The third-order valence-electron chi connectivity index (χ3n) is 5.29. The number of amides is 4. The number of thiophene rings is 1. The molecule has 3 aliphatic heterocycles. The van der Waals surface area contributed by atoms with Gasteiger partial charge in [-0.15, -0.1) is 11.3 Å². The summed E-state index contributed by atoms with van der Waals surface area (Å²) in [7, 11) is 0. The number of aliphatic carboxylic acids is 1. The first kappa shape index (κ1) is 18.3. The van der Waals surface area contributed by atoms with E-state index < -0.39 is 24.0 Å². The summed E-state index contributed by atoms with van der Waals surface area (Å²) in [6.07, 6.45) is -0.706. The lowest BCUT2D eigenvalue weighted by Gasteiger charge is -2.49. The van der Waals surface area contributed by atoms with Gasteiger partial charge in [0.15, 0.2) is 0 Å². The first-order chi connectivity index (χ1) is 13.4. The van der Waals surface area contributed by atoms with Gasteiger partial charge in [0.1, 0.15) is 18.3 Å². The smallest absolute Gasteiger partial charge is 0.404 e.